The number of terminal acetylenes is 1. The van der Waals surface area contributed by atoms with Gasteiger partial charge in [-0.25, -0.2) is 0 Å². The Balaban J connectivity index is 3.42. The molecule has 1 aromatic carbocycles. The maximum absolute atomic E-state index is 12.6. The van der Waals surface area contributed by atoms with Gasteiger partial charge in [-0.15, -0.1) is 10.3 Å². The van der Waals surface area contributed by atoms with Gasteiger partial charge < -0.3 is 4.18 Å². The predicted molar refractivity (Wildman–Crippen MR) is 63.5 cm³/mol. The summed E-state index contributed by atoms with van der Waals surface area (Å²) in [5.41, 5.74) is -0.124. The van der Waals surface area contributed by atoms with Crippen LogP contribution in [-0.2, 0) is 26.5 Å². The van der Waals surface area contributed by atoms with Crippen LogP contribution in [0.3, 0.4) is 0 Å². The summed E-state index contributed by atoms with van der Waals surface area (Å²) in [6.07, 6.45) is 5.07. The van der Waals surface area contributed by atoms with Crippen LogP contribution in [0.25, 0.3) is 0 Å². The van der Waals surface area contributed by atoms with E-state index in [1.807, 2.05) is 0 Å². The molecule has 0 fully saturated rings. The molecule has 1 aromatic rings. The third-order valence-electron chi connectivity index (χ3n) is 2.15. The first-order valence-electron chi connectivity index (χ1n) is 4.68. The summed E-state index contributed by atoms with van der Waals surface area (Å²) in [4.78, 5) is 0. The lowest BCUT2D eigenvalue weighted by Gasteiger charge is -2.10. The zero-order valence-electron chi connectivity index (χ0n) is 9.55. The van der Waals surface area contributed by atoms with Gasteiger partial charge in [0.2, 0.25) is 0 Å². The molecule has 0 spiro atoms. The topological polar surface area (TPSA) is 77.5 Å². The molecule has 0 amide bonds. The van der Waals surface area contributed by atoms with E-state index in [9.17, 15) is 24.6 Å². The average molecular weight is 310 g/mol. The van der Waals surface area contributed by atoms with Crippen LogP contribution in [0, 0.1) is 19.3 Å². The third kappa shape index (κ3) is 4.84. The van der Waals surface area contributed by atoms with Crippen molar-refractivity contribution in [1.82, 2.24) is 0 Å². The van der Waals surface area contributed by atoms with Crippen LogP contribution in [0.15, 0.2) is 12.1 Å². The lowest BCUT2D eigenvalue weighted by atomic mass is 10.1. The van der Waals surface area contributed by atoms with E-state index in [4.69, 9.17) is 6.42 Å². The smallest absolute Gasteiger partial charge is 0.358 e. The first kappa shape index (κ1) is 15.4. The van der Waals surface area contributed by atoms with E-state index in [1.54, 1.807) is 0 Å². The van der Waals surface area contributed by atoms with Crippen LogP contribution in [0.5, 0.6) is 5.75 Å². The van der Waals surface area contributed by atoms with E-state index in [0.29, 0.717) is 0 Å². The van der Waals surface area contributed by atoms with Crippen molar-refractivity contribution in [1.29, 1.82) is 0 Å². The predicted octanol–water partition coefficient (Wildman–Crippen LogP) is 1.37. The summed E-state index contributed by atoms with van der Waals surface area (Å²) in [6.45, 7) is 1.25. The second-order valence-electron chi connectivity index (χ2n) is 3.56. The fourth-order valence-corrected chi connectivity index (χ4v) is 2.42. The summed E-state index contributed by atoms with van der Waals surface area (Å²) in [5.74, 6) is 0.586. The molecule has 0 saturated heterocycles. The molecule has 0 atom stereocenters. The fraction of sp³-hybridized carbons (Fsp3) is 0.200. The minimum atomic E-state index is -5.30. The minimum Gasteiger partial charge on any atom is -0.358 e. The Labute approximate surface area is 109 Å². The molecule has 0 unspecified atom stereocenters. The molecule has 0 aliphatic carbocycles. The van der Waals surface area contributed by atoms with Crippen LogP contribution in [0.4, 0.5) is 7.77 Å². The normalized spacial score (nSPS) is 11.9. The Kier molecular flexibility index (Phi) is 4.17. The Hall–Kier alpha value is -1.66. The van der Waals surface area contributed by atoms with Crippen LogP contribution >= 0.6 is 0 Å². The molecule has 0 bridgehead atoms. The van der Waals surface area contributed by atoms with Crippen LogP contribution < -0.4 is 4.18 Å². The Morgan fingerprint density at radius 1 is 1.26 bits per heavy atom. The summed E-state index contributed by atoms with van der Waals surface area (Å²) in [7, 11) is -10.1. The molecule has 0 N–H and O–H groups in total. The van der Waals surface area contributed by atoms with Crippen molar-refractivity contribution >= 4 is 20.7 Å². The number of halogens is 2. The van der Waals surface area contributed by atoms with Crippen molar-refractivity contribution in [3.63, 3.8) is 0 Å². The van der Waals surface area contributed by atoms with Crippen LogP contribution in [-0.4, -0.2) is 16.8 Å². The SMILES string of the molecule is C#Cc1cc(CS(=O)(=O)F)c(C)c(OS(=O)(=O)F)c1. The molecule has 5 nitrogen and oxygen atoms in total. The molecule has 0 aliphatic heterocycles. The molecule has 19 heavy (non-hydrogen) atoms. The molecule has 0 radical (unpaired) electrons. The van der Waals surface area contributed by atoms with Gasteiger partial charge in [-0.3, -0.25) is 0 Å². The summed E-state index contributed by atoms with van der Waals surface area (Å²) in [5, 5.41) is 0. The van der Waals surface area contributed by atoms with Gasteiger partial charge >= 0.3 is 20.7 Å². The van der Waals surface area contributed by atoms with E-state index >= 15 is 0 Å². The van der Waals surface area contributed by atoms with Crippen LogP contribution in [0.1, 0.15) is 16.7 Å². The highest BCUT2D eigenvalue weighted by atomic mass is 32.3. The minimum absolute atomic E-state index is 0.0305. The van der Waals surface area contributed by atoms with Gasteiger partial charge in [-0.05, 0) is 30.2 Å². The fourth-order valence-electron chi connectivity index (χ4n) is 1.36. The van der Waals surface area contributed by atoms with Gasteiger partial charge in [0.25, 0.3) is 0 Å². The largest absolute Gasteiger partial charge is 0.488 e. The monoisotopic (exact) mass is 310 g/mol. The molecule has 1 rings (SSSR count). The van der Waals surface area contributed by atoms with Crippen molar-refractivity contribution in [3.05, 3.63) is 28.8 Å². The molecule has 0 saturated carbocycles. The van der Waals surface area contributed by atoms with Crippen LogP contribution in [0.2, 0.25) is 0 Å². The Bertz CT molecular complexity index is 690. The number of hydrogen-bond donors (Lipinski definition) is 0. The highest BCUT2D eigenvalue weighted by molar-refractivity contribution is 7.85. The van der Waals surface area contributed by atoms with E-state index in [1.165, 1.54) is 13.0 Å². The maximum Gasteiger partial charge on any atom is 0.488 e. The lowest BCUT2D eigenvalue weighted by Crippen LogP contribution is -2.06. The molecule has 9 heteroatoms. The van der Waals surface area contributed by atoms with Gasteiger partial charge in [-0.1, -0.05) is 9.81 Å². The number of hydrogen-bond acceptors (Lipinski definition) is 5. The second kappa shape index (κ2) is 5.14. The molecule has 104 valence electrons. The van der Waals surface area contributed by atoms with Crippen molar-refractivity contribution in [3.8, 4) is 18.1 Å². The van der Waals surface area contributed by atoms with Crippen molar-refractivity contribution < 1.29 is 28.8 Å². The van der Waals surface area contributed by atoms with Gasteiger partial charge in [0, 0.05) is 5.56 Å². The van der Waals surface area contributed by atoms with Crippen molar-refractivity contribution in [2.45, 2.75) is 12.7 Å². The van der Waals surface area contributed by atoms with E-state index in [2.05, 4.69) is 10.1 Å². The van der Waals surface area contributed by atoms with Gasteiger partial charge in [-0.2, -0.15) is 16.8 Å². The average Bonchev–Trinajstić information content (AvgIpc) is 2.19. The van der Waals surface area contributed by atoms with Gasteiger partial charge in [0.05, 0.1) is 0 Å². The first-order valence-corrected chi connectivity index (χ1v) is 7.54. The lowest BCUT2D eigenvalue weighted by molar-refractivity contribution is 0.438. The summed E-state index contributed by atoms with van der Waals surface area (Å²) in [6, 6.07) is 2.20. The first-order chi connectivity index (χ1) is 8.52. The number of benzene rings is 1. The molecular weight excluding hydrogens is 302 g/mol. The quantitative estimate of drug-likeness (QED) is 0.620. The third-order valence-corrected chi connectivity index (χ3v) is 3.19. The van der Waals surface area contributed by atoms with E-state index < -0.39 is 32.2 Å². The van der Waals surface area contributed by atoms with E-state index in [-0.39, 0.29) is 16.7 Å². The molecular formula is C10H8F2O5S2. The zero-order valence-corrected chi connectivity index (χ0v) is 11.2. The Morgan fingerprint density at radius 2 is 1.84 bits per heavy atom. The molecule has 0 aliphatic rings. The number of rotatable bonds is 4. The summed E-state index contributed by atoms with van der Waals surface area (Å²) < 4.78 is 71.2. The molecule has 0 aromatic heterocycles. The maximum atomic E-state index is 12.6. The van der Waals surface area contributed by atoms with Gasteiger partial charge in [0.15, 0.2) is 0 Å². The Morgan fingerprint density at radius 3 is 2.26 bits per heavy atom. The molecule has 0 heterocycles. The standard InChI is InChI=1S/C10H8F2O5S2/c1-3-8-4-9(6-18(11,13)14)7(2)10(5-8)17-19(12,15)16/h1,4-5H,6H2,2H3. The second-order valence-corrected chi connectivity index (χ2v) is 5.88. The summed E-state index contributed by atoms with van der Waals surface area (Å²) >= 11 is 0. The van der Waals surface area contributed by atoms with Gasteiger partial charge in [0.1, 0.15) is 11.5 Å². The highest BCUT2D eigenvalue weighted by Crippen LogP contribution is 2.27. The van der Waals surface area contributed by atoms with Crippen molar-refractivity contribution in [2.75, 3.05) is 0 Å². The van der Waals surface area contributed by atoms with E-state index in [0.717, 1.165) is 6.07 Å². The highest BCUT2D eigenvalue weighted by Gasteiger charge is 2.18. The zero-order chi connectivity index (χ0) is 14.8. The van der Waals surface area contributed by atoms with Crippen molar-refractivity contribution in [2.24, 2.45) is 0 Å².